The zero-order valence-corrected chi connectivity index (χ0v) is 9.36. The summed E-state index contributed by atoms with van der Waals surface area (Å²) in [7, 11) is 1.83. The van der Waals surface area contributed by atoms with Crippen LogP contribution < -0.4 is 5.73 Å². The van der Waals surface area contributed by atoms with Crippen LogP contribution in [0.5, 0.6) is 0 Å². The number of carbonyl (C=O) groups excluding carboxylic acids is 1. The maximum Gasteiger partial charge on any atom is 0.319 e. The molecule has 4 nitrogen and oxygen atoms in total. The van der Waals surface area contributed by atoms with Crippen molar-refractivity contribution in [2.24, 2.45) is 11.7 Å². The Morgan fingerprint density at radius 3 is 2.79 bits per heavy atom. The van der Waals surface area contributed by atoms with Crippen molar-refractivity contribution in [1.29, 1.82) is 0 Å². The van der Waals surface area contributed by atoms with E-state index >= 15 is 0 Å². The Morgan fingerprint density at radius 2 is 2.36 bits per heavy atom. The van der Waals surface area contributed by atoms with Crippen LogP contribution in [0.15, 0.2) is 0 Å². The van der Waals surface area contributed by atoms with Crippen molar-refractivity contribution in [2.75, 3.05) is 26.7 Å². The molecule has 2 unspecified atom stereocenters. The number of rotatable bonds is 2. The zero-order chi connectivity index (χ0) is 10.7. The van der Waals surface area contributed by atoms with Gasteiger partial charge in [0.2, 0.25) is 0 Å². The first kappa shape index (κ1) is 11.3. The van der Waals surface area contributed by atoms with E-state index in [1.807, 2.05) is 25.8 Å². The normalized spacial score (nSPS) is 23.7. The first-order chi connectivity index (χ1) is 6.56. The van der Waals surface area contributed by atoms with Crippen LogP contribution in [-0.4, -0.2) is 48.6 Å². The molecule has 4 heteroatoms. The number of nitrogens with zero attached hydrogens (tertiary/aromatic N) is 2. The lowest BCUT2D eigenvalue weighted by atomic mass is 10.0. The Labute approximate surface area is 86.0 Å². The molecule has 14 heavy (non-hydrogen) atoms. The highest BCUT2D eigenvalue weighted by Crippen LogP contribution is 2.19. The fourth-order valence-corrected chi connectivity index (χ4v) is 1.77. The first-order valence-electron chi connectivity index (χ1n) is 5.31. The lowest BCUT2D eigenvalue weighted by Gasteiger charge is -2.24. The van der Waals surface area contributed by atoms with Gasteiger partial charge in [-0.1, -0.05) is 0 Å². The second kappa shape index (κ2) is 4.64. The smallest absolute Gasteiger partial charge is 0.319 e. The standard InChI is InChI=1S/C10H21N3O/c1-4-12(3)10(14)13-6-5-9(7-13)8(2)11/h8-9H,4-7,11H2,1-3H3. The Bertz CT molecular complexity index is 206. The molecule has 2 N–H and O–H groups in total. The second-order valence-corrected chi connectivity index (χ2v) is 4.15. The molecule has 0 spiro atoms. The molecule has 0 aromatic heterocycles. The van der Waals surface area contributed by atoms with E-state index in [-0.39, 0.29) is 12.1 Å². The average molecular weight is 199 g/mol. The van der Waals surface area contributed by atoms with E-state index in [2.05, 4.69) is 0 Å². The fraction of sp³-hybridized carbons (Fsp3) is 0.900. The third-order valence-corrected chi connectivity index (χ3v) is 3.04. The lowest BCUT2D eigenvalue weighted by Crippen LogP contribution is -2.40. The summed E-state index contributed by atoms with van der Waals surface area (Å²) in [5.74, 6) is 0.476. The average Bonchev–Trinajstić information content (AvgIpc) is 2.64. The van der Waals surface area contributed by atoms with Crippen LogP contribution in [0.2, 0.25) is 0 Å². The Balaban J connectivity index is 2.45. The van der Waals surface area contributed by atoms with Crippen LogP contribution in [0.3, 0.4) is 0 Å². The van der Waals surface area contributed by atoms with Crippen molar-refractivity contribution in [3.05, 3.63) is 0 Å². The molecule has 2 amide bonds. The third kappa shape index (κ3) is 2.38. The van der Waals surface area contributed by atoms with Crippen molar-refractivity contribution in [3.63, 3.8) is 0 Å². The molecule has 2 atom stereocenters. The largest absolute Gasteiger partial charge is 0.328 e. The predicted octanol–water partition coefficient (Wildman–Crippen LogP) is 0.727. The summed E-state index contributed by atoms with van der Waals surface area (Å²) in [5, 5.41) is 0. The maximum absolute atomic E-state index is 11.8. The van der Waals surface area contributed by atoms with Crippen molar-refractivity contribution < 1.29 is 4.79 Å². The van der Waals surface area contributed by atoms with Crippen LogP contribution in [0.25, 0.3) is 0 Å². The molecule has 1 heterocycles. The highest BCUT2D eigenvalue weighted by atomic mass is 16.2. The van der Waals surface area contributed by atoms with Crippen molar-refractivity contribution in [1.82, 2.24) is 9.80 Å². The minimum atomic E-state index is 0.135. The van der Waals surface area contributed by atoms with Gasteiger partial charge in [-0.05, 0) is 26.2 Å². The molecular weight excluding hydrogens is 178 g/mol. The molecule has 0 saturated carbocycles. The Hall–Kier alpha value is -0.770. The molecule has 0 bridgehead atoms. The number of nitrogens with two attached hydrogens (primary N) is 1. The molecule has 0 aromatic rings. The summed E-state index contributed by atoms with van der Waals surface area (Å²) in [4.78, 5) is 15.4. The maximum atomic E-state index is 11.8. The number of hydrogen-bond donors (Lipinski definition) is 1. The van der Waals surface area contributed by atoms with Gasteiger partial charge in [0.15, 0.2) is 0 Å². The van der Waals surface area contributed by atoms with Crippen LogP contribution in [0.4, 0.5) is 4.79 Å². The first-order valence-corrected chi connectivity index (χ1v) is 5.31. The highest BCUT2D eigenvalue weighted by Gasteiger charge is 2.29. The molecular formula is C10H21N3O. The van der Waals surface area contributed by atoms with Gasteiger partial charge in [-0.25, -0.2) is 4.79 Å². The van der Waals surface area contributed by atoms with E-state index in [9.17, 15) is 4.79 Å². The summed E-state index contributed by atoms with van der Waals surface area (Å²) in [6.07, 6.45) is 1.04. The second-order valence-electron chi connectivity index (χ2n) is 4.15. The predicted molar refractivity (Wildman–Crippen MR) is 57.0 cm³/mol. The summed E-state index contributed by atoms with van der Waals surface area (Å²) < 4.78 is 0. The monoisotopic (exact) mass is 199 g/mol. The quantitative estimate of drug-likeness (QED) is 0.712. The zero-order valence-electron chi connectivity index (χ0n) is 9.36. The highest BCUT2D eigenvalue weighted by molar-refractivity contribution is 5.74. The molecule has 1 fully saturated rings. The van der Waals surface area contributed by atoms with E-state index in [4.69, 9.17) is 5.73 Å². The molecule has 1 rings (SSSR count). The summed E-state index contributed by atoms with van der Waals surface area (Å²) >= 11 is 0. The van der Waals surface area contributed by atoms with Gasteiger partial charge in [-0.15, -0.1) is 0 Å². The number of likely N-dealkylation sites (tertiary alicyclic amines) is 1. The number of hydrogen-bond acceptors (Lipinski definition) is 2. The summed E-state index contributed by atoms with van der Waals surface area (Å²) in [5.41, 5.74) is 5.82. The summed E-state index contributed by atoms with van der Waals surface area (Å²) in [6.45, 7) is 6.44. The summed E-state index contributed by atoms with van der Waals surface area (Å²) in [6, 6.07) is 0.329. The van der Waals surface area contributed by atoms with Gasteiger partial charge in [0.1, 0.15) is 0 Å². The van der Waals surface area contributed by atoms with E-state index in [0.717, 1.165) is 26.1 Å². The number of amides is 2. The topological polar surface area (TPSA) is 49.6 Å². The Kier molecular flexibility index (Phi) is 3.75. The SMILES string of the molecule is CCN(C)C(=O)N1CCC(C(C)N)C1. The number of urea groups is 1. The molecule has 1 saturated heterocycles. The van der Waals surface area contributed by atoms with Gasteiger partial charge in [0.25, 0.3) is 0 Å². The van der Waals surface area contributed by atoms with E-state index in [1.54, 1.807) is 4.90 Å². The van der Waals surface area contributed by atoms with Gasteiger partial charge in [-0.3, -0.25) is 0 Å². The molecule has 0 radical (unpaired) electrons. The molecule has 1 aliphatic heterocycles. The molecule has 82 valence electrons. The van der Waals surface area contributed by atoms with E-state index in [1.165, 1.54) is 0 Å². The van der Waals surface area contributed by atoms with Crippen LogP contribution in [0, 0.1) is 5.92 Å². The third-order valence-electron chi connectivity index (χ3n) is 3.04. The minimum Gasteiger partial charge on any atom is -0.328 e. The van der Waals surface area contributed by atoms with Crippen molar-refractivity contribution in [3.8, 4) is 0 Å². The fourth-order valence-electron chi connectivity index (χ4n) is 1.77. The molecule has 0 aromatic carbocycles. The number of carbonyl (C=O) groups is 1. The molecule has 0 aliphatic carbocycles. The van der Waals surface area contributed by atoms with Crippen molar-refractivity contribution in [2.45, 2.75) is 26.3 Å². The van der Waals surface area contributed by atoms with Crippen LogP contribution in [0.1, 0.15) is 20.3 Å². The van der Waals surface area contributed by atoms with Crippen molar-refractivity contribution >= 4 is 6.03 Å². The molecule has 1 aliphatic rings. The van der Waals surface area contributed by atoms with Gasteiger partial charge in [0, 0.05) is 32.7 Å². The minimum absolute atomic E-state index is 0.135. The van der Waals surface area contributed by atoms with E-state index < -0.39 is 0 Å². The van der Waals surface area contributed by atoms with Crippen LogP contribution in [-0.2, 0) is 0 Å². The Morgan fingerprint density at radius 1 is 1.71 bits per heavy atom. The van der Waals surface area contributed by atoms with Gasteiger partial charge in [0.05, 0.1) is 0 Å². The van der Waals surface area contributed by atoms with Gasteiger partial charge < -0.3 is 15.5 Å². The van der Waals surface area contributed by atoms with Gasteiger partial charge >= 0.3 is 6.03 Å². The van der Waals surface area contributed by atoms with Gasteiger partial charge in [-0.2, -0.15) is 0 Å². The van der Waals surface area contributed by atoms with E-state index in [0.29, 0.717) is 5.92 Å². The van der Waals surface area contributed by atoms with Crippen LogP contribution >= 0.6 is 0 Å². The lowest BCUT2D eigenvalue weighted by molar-refractivity contribution is 0.173.